The summed E-state index contributed by atoms with van der Waals surface area (Å²) in [7, 11) is 1.32. The lowest BCUT2D eigenvalue weighted by Gasteiger charge is -2.27. The zero-order valence-corrected chi connectivity index (χ0v) is 14.7. The number of halogens is 1. The minimum absolute atomic E-state index is 0.176. The van der Waals surface area contributed by atoms with Crippen LogP contribution in [-0.4, -0.2) is 48.6 Å². The summed E-state index contributed by atoms with van der Waals surface area (Å²) >= 11 is 6.49. The lowest BCUT2D eigenvalue weighted by molar-refractivity contribution is -0.150. The molecule has 1 aromatic carbocycles. The Kier molecular flexibility index (Phi) is 5.18. The van der Waals surface area contributed by atoms with Crippen LogP contribution in [0.2, 0.25) is 0 Å². The van der Waals surface area contributed by atoms with E-state index in [-0.39, 0.29) is 12.7 Å². The molecule has 3 atom stereocenters. The maximum atomic E-state index is 12.9. The van der Waals surface area contributed by atoms with Crippen LogP contribution in [0.3, 0.4) is 0 Å². The van der Waals surface area contributed by atoms with E-state index in [1.165, 1.54) is 12.0 Å². The molecular weight excluding hydrogens is 346 g/mol. The van der Waals surface area contributed by atoms with Crippen molar-refractivity contribution in [1.29, 1.82) is 0 Å². The fourth-order valence-corrected chi connectivity index (χ4v) is 3.64. The average Bonchev–Trinajstić information content (AvgIpc) is 3.29. The normalized spacial score (nSPS) is 20.9. The molecule has 3 rings (SSSR count). The number of alkyl halides is 1. The monoisotopic (exact) mass is 365 g/mol. The number of carbonyl (C=O) groups excluding carboxylic acids is 2. The Morgan fingerprint density at radius 3 is 2.88 bits per heavy atom. The maximum Gasteiger partial charge on any atom is 0.328 e. The zero-order valence-electron chi connectivity index (χ0n) is 13.9. The van der Waals surface area contributed by atoms with Crippen LogP contribution >= 0.6 is 11.6 Å². The van der Waals surface area contributed by atoms with Crippen LogP contribution in [0, 0.1) is 0 Å². The lowest BCUT2D eigenvalue weighted by atomic mass is 9.94. The van der Waals surface area contributed by atoms with Gasteiger partial charge in [-0.1, -0.05) is 12.1 Å². The molecule has 25 heavy (non-hydrogen) atoms. The Hall–Kier alpha value is -2.21. The van der Waals surface area contributed by atoms with Crippen LogP contribution in [-0.2, 0) is 14.3 Å². The van der Waals surface area contributed by atoms with Gasteiger partial charge in [-0.3, -0.25) is 4.79 Å². The number of hydrogen-bond donors (Lipinski definition) is 0. The van der Waals surface area contributed by atoms with Gasteiger partial charge in [0.25, 0.3) is 0 Å². The van der Waals surface area contributed by atoms with E-state index >= 15 is 0 Å². The first-order valence-electron chi connectivity index (χ1n) is 8.11. The van der Waals surface area contributed by atoms with Gasteiger partial charge in [-0.25, -0.2) is 4.79 Å². The summed E-state index contributed by atoms with van der Waals surface area (Å²) in [4.78, 5) is 26.3. The van der Waals surface area contributed by atoms with Crippen molar-refractivity contribution in [2.75, 3.05) is 20.4 Å². The highest BCUT2D eigenvalue weighted by atomic mass is 35.5. The predicted octanol–water partition coefficient (Wildman–Crippen LogP) is 2.46. The lowest BCUT2D eigenvalue weighted by Crippen LogP contribution is -2.45. The maximum absolute atomic E-state index is 12.9. The molecule has 1 amide bonds. The highest BCUT2D eigenvalue weighted by Gasteiger charge is 2.39. The summed E-state index contributed by atoms with van der Waals surface area (Å²) in [5.41, 5.74) is 0.807. The standard InChI is InChI=1S/C18H20ClNO5/c1-3-12(11-6-7-14-15(9-11)25-10-24-14)16(19)17(21)20-8-4-5-13(20)18(22)23-2/h3,6-7,9,12-13,16H,1,4-5,8,10H2,2H3/t12-,13-,16-/m0/s1. The first-order chi connectivity index (χ1) is 12.1. The van der Waals surface area contributed by atoms with Crippen molar-refractivity contribution in [3.63, 3.8) is 0 Å². The summed E-state index contributed by atoms with van der Waals surface area (Å²) in [5.74, 6) is 0.163. The number of esters is 1. The number of methoxy groups -OCH3 is 1. The Morgan fingerprint density at radius 2 is 2.16 bits per heavy atom. The third-order valence-electron chi connectivity index (χ3n) is 4.60. The summed E-state index contributed by atoms with van der Waals surface area (Å²) in [5, 5.41) is -0.872. The predicted molar refractivity (Wildman–Crippen MR) is 91.9 cm³/mol. The molecule has 0 aliphatic carbocycles. The van der Waals surface area contributed by atoms with Gasteiger partial charge >= 0.3 is 5.97 Å². The van der Waals surface area contributed by atoms with E-state index in [0.29, 0.717) is 24.5 Å². The first-order valence-corrected chi connectivity index (χ1v) is 8.55. The number of amides is 1. The summed E-state index contributed by atoms with van der Waals surface area (Å²) in [6.45, 7) is 4.48. The molecular formula is C18H20ClNO5. The molecule has 7 heteroatoms. The molecule has 0 saturated carbocycles. The van der Waals surface area contributed by atoms with Gasteiger partial charge in [-0.05, 0) is 30.5 Å². The van der Waals surface area contributed by atoms with Crippen molar-refractivity contribution in [3.05, 3.63) is 36.4 Å². The van der Waals surface area contributed by atoms with Crippen LogP contribution in [0.5, 0.6) is 11.5 Å². The molecule has 1 fully saturated rings. The fourth-order valence-electron chi connectivity index (χ4n) is 3.27. The van der Waals surface area contributed by atoms with Gasteiger partial charge < -0.3 is 19.1 Å². The molecule has 134 valence electrons. The number of benzene rings is 1. The number of rotatable bonds is 5. The number of carbonyl (C=O) groups is 2. The quantitative estimate of drug-likeness (QED) is 0.455. The van der Waals surface area contributed by atoms with E-state index in [0.717, 1.165) is 12.0 Å². The molecule has 0 bridgehead atoms. The molecule has 2 aliphatic heterocycles. The number of hydrogen-bond acceptors (Lipinski definition) is 5. The Morgan fingerprint density at radius 1 is 1.40 bits per heavy atom. The number of allylic oxidation sites excluding steroid dienone is 1. The highest BCUT2D eigenvalue weighted by Crippen LogP contribution is 2.37. The van der Waals surface area contributed by atoms with Crippen LogP contribution in [0.4, 0.5) is 0 Å². The highest BCUT2D eigenvalue weighted by molar-refractivity contribution is 6.31. The summed E-state index contributed by atoms with van der Waals surface area (Å²) in [6, 6.07) is 4.86. The molecule has 1 aromatic rings. The van der Waals surface area contributed by atoms with Crippen molar-refractivity contribution in [1.82, 2.24) is 4.90 Å². The van der Waals surface area contributed by atoms with Crippen LogP contribution in [0.25, 0.3) is 0 Å². The fraction of sp³-hybridized carbons (Fsp3) is 0.444. The van der Waals surface area contributed by atoms with Gasteiger partial charge in [0.1, 0.15) is 11.4 Å². The van der Waals surface area contributed by atoms with E-state index in [1.807, 2.05) is 6.07 Å². The van der Waals surface area contributed by atoms with Gasteiger partial charge in [-0.2, -0.15) is 0 Å². The van der Waals surface area contributed by atoms with E-state index < -0.39 is 23.3 Å². The SMILES string of the molecule is C=C[C@@H](c1ccc2c(c1)OCO2)[C@H](Cl)C(=O)N1CCC[C@H]1C(=O)OC. The molecule has 0 spiro atoms. The van der Waals surface area contributed by atoms with Crippen molar-refractivity contribution in [2.45, 2.75) is 30.2 Å². The van der Waals surface area contributed by atoms with E-state index in [2.05, 4.69) is 6.58 Å². The number of fused-ring (bicyclic) bond motifs is 1. The second kappa shape index (κ2) is 7.35. The molecule has 2 aliphatic rings. The largest absolute Gasteiger partial charge is 0.467 e. The molecule has 0 aromatic heterocycles. The number of nitrogens with zero attached hydrogens (tertiary/aromatic N) is 1. The minimum Gasteiger partial charge on any atom is -0.467 e. The molecule has 1 saturated heterocycles. The van der Waals surface area contributed by atoms with Gasteiger partial charge in [0.2, 0.25) is 12.7 Å². The molecule has 0 radical (unpaired) electrons. The van der Waals surface area contributed by atoms with Gasteiger partial charge in [0, 0.05) is 12.5 Å². The van der Waals surface area contributed by atoms with Gasteiger partial charge in [0.05, 0.1) is 7.11 Å². The van der Waals surface area contributed by atoms with Crippen molar-refractivity contribution >= 4 is 23.5 Å². The van der Waals surface area contributed by atoms with Crippen molar-refractivity contribution in [2.24, 2.45) is 0 Å². The van der Waals surface area contributed by atoms with E-state index in [4.69, 9.17) is 25.8 Å². The van der Waals surface area contributed by atoms with E-state index in [1.54, 1.807) is 18.2 Å². The molecule has 0 N–H and O–H groups in total. The molecule has 0 unspecified atom stereocenters. The summed E-state index contributed by atoms with van der Waals surface area (Å²) < 4.78 is 15.5. The Labute approximate surface area is 151 Å². The van der Waals surface area contributed by atoms with Gasteiger partial charge in [0.15, 0.2) is 11.5 Å². The van der Waals surface area contributed by atoms with E-state index in [9.17, 15) is 9.59 Å². The molecule has 6 nitrogen and oxygen atoms in total. The average molecular weight is 366 g/mol. The number of ether oxygens (including phenoxy) is 3. The van der Waals surface area contributed by atoms with Crippen molar-refractivity contribution in [3.8, 4) is 11.5 Å². The zero-order chi connectivity index (χ0) is 18.0. The first kappa shape index (κ1) is 17.6. The number of likely N-dealkylation sites (tertiary alicyclic amines) is 1. The van der Waals surface area contributed by atoms with Crippen LogP contribution < -0.4 is 9.47 Å². The van der Waals surface area contributed by atoms with Crippen molar-refractivity contribution < 1.29 is 23.8 Å². The third-order valence-corrected chi connectivity index (χ3v) is 5.05. The smallest absolute Gasteiger partial charge is 0.328 e. The Bertz CT molecular complexity index is 692. The third kappa shape index (κ3) is 3.31. The summed E-state index contributed by atoms with van der Waals surface area (Å²) in [6.07, 6.45) is 2.97. The van der Waals surface area contributed by atoms with Crippen LogP contribution in [0.1, 0.15) is 24.3 Å². The molecule has 2 heterocycles. The minimum atomic E-state index is -0.872. The van der Waals surface area contributed by atoms with Gasteiger partial charge in [-0.15, -0.1) is 18.2 Å². The second-order valence-corrected chi connectivity index (χ2v) is 6.46. The van der Waals surface area contributed by atoms with Crippen LogP contribution in [0.15, 0.2) is 30.9 Å². The second-order valence-electron chi connectivity index (χ2n) is 5.99. The topological polar surface area (TPSA) is 65.1 Å². The Balaban J connectivity index is 1.80.